The maximum absolute atomic E-state index is 14.1. The van der Waals surface area contributed by atoms with Crippen molar-refractivity contribution in [2.45, 2.75) is 0 Å². The smallest absolute Gasteiger partial charge is 0.269 e. The molecular formula is C22H14FNO2S. The zero-order valence-electron chi connectivity index (χ0n) is 14.1. The number of aromatic nitrogens is 1. The molecule has 0 unspecified atom stereocenters. The fraction of sp³-hybridized carbons (Fsp3) is 0. The van der Waals surface area contributed by atoms with Gasteiger partial charge in [0.1, 0.15) is 11.3 Å². The van der Waals surface area contributed by atoms with E-state index >= 15 is 0 Å². The lowest BCUT2D eigenvalue weighted by Crippen LogP contribution is -2.20. The van der Waals surface area contributed by atoms with E-state index in [9.17, 15) is 14.0 Å². The predicted octanol–water partition coefficient (Wildman–Crippen LogP) is 5.22. The maximum atomic E-state index is 14.1. The molecule has 0 radical (unpaired) electrons. The number of thiazole rings is 1. The summed E-state index contributed by atoms with van der Waals surface area (Å²) >= 11 is 0.855. The number of carbonyl (C=O) groups is 1. The van der Waals surface area contributed by atoms with E-state index in [0.29, 0.717) is 4.70 Å². The number of nitrogens with zero attached hydrogens (tertiary/aromatic N) is 1. The Bertz CT molecular complexity index is 1220. The number of hydrogen-bond acceptors (Lipinski definition) is 3. The molecule has 3 nitrogen and oxygen atoms in total. The third-order valence-corrected chi connectivity index (χ3v) is 5.09. The summed E-state index contributed by atoms with van der Waals surface area (Å²) in [6.45, 7) is 0. The van der Waals surface area contributed by atoms with Crippen LogP contribution < -0.4 is 4.87 Å². The lowest BCUT2D eigenvalue weighted by atomic mass is 10.0. The van der Waals surface area contributed by atoms with Crippen LogP contribution in [0.2, 0.25) is 0 Å². The average molecular weight is 375 g/mol. The van der Waals surface area contributed by atoms with Gasteiger partial charge in [-0.3, -0.25) is 9.59 Å². The number of benzene rings is 3. The SMILES string of the molecule is O=C(C=Cc1cccc(-c2ccccc2)c1)n1c(=O)sc2cccc(F)c21. The third kappa shape index (κ3) is 3.37. The summed E-state index contributed by atoms with van der Waals surface area (Å²) < 4.78 is 15.4. The van der Waals surface area contributed by atoms with Crippen molar-refractivity contribution in [1.82, 2.24) is 4.57 Å². The second kappa shape index (κ2) is 7.13. The molecule has 0 bridgehead atoms. The summed E-state index contributed by atoms with van der Waals surface area (Å²) in [7, 11) is 0. The normalized spacial score (nSPS) is 11.3. The van der Waals surface area contributed by atoms with E-state index in [0.717, 1.165) is 32.6 Å². The molecule has 1 heterocycles. The van der Waals surface area contributed by atoms with Crippen molar-refractivity contribution in [3.63, 3.8) is 0 Å². The van der Waals surface area contributed by atoms with Crippen LogP contribution in [0.1, 0.15) is 10.4 Å². The van der Waals surface area contributed by atoms with Crippen LogP contribution >= 0.6 is 11.3 Å². The van der Waals surface area contributed by atoms with Gasteiger partial charge in [0.2, 0.25) is 0 Å². The Morgan fingerprint density at radius 1 is 0.926 bits per heavy atom. The molecular weight excluding hydrogens is 361 g/mol. The molecule has 27 heavy (non-hydrogen) atoms. The lowest BCUT2D eigenvalue weighted by Gasteiger charge is -2.03. The number of hydrogen-bond donors (Lipinski definition) is 0. The number of allylic oxidation sites excluding steroid dienone is 1. The summed E-state index contributed by atoms with van der Waals surface area (Å²) in [6.07, 6.45) is 2.93. The Morgan fingerprint density at radius 3 is 2.48 bits per heavy atom. The Labute approximate surface area is 158 Å². The molecule has 5 heteroatoms. The van der Waals surface area contributed by atoms with Gasteiger partial charge in [-0.05, 0) is 41.0 Å². The van der Waals surface area contributed by atoms with Gasteiger partial charge in [-0.25, -0.2) is 8.96 Å². The van der Waals surface area contributed by atoms with E-state index in [1.54, 1.807) is 12.1 Å². The Balaban J connectivity index is 1.68. The first-order valence-corrected chi connectivity index (χ1v) is 9.13. The van der Waals surface area contributed by atoms with Gasteiger partial charge in [0.25, 0.3) is 5.91 Å². The zero-order chi connectivity index (χ0) is 18.8. The largest absolute Gasteiger partial charge is 0.315 e. The minimum atomic E-state index is -0.585. The van der Waals surface area contributed by atoms with Crippen molar-refractivity contribution in [2.24, 2.45) is 0 Å². The highest BCUT2D eigenvalue weighted by molar-refractivity contribution is 7.16. The third-order valence-electron chi connectivity index (χ3n) is 4.19. The van der Waals surface area contributed by atoms with Crippen molar-refractivity contribution < 1.29 is 9.18 Å². The van der Waals surface area contributed by atoms with Gasteiger partial charge in [0, 0.05) is 6.08 Å². The van der Waals surface area contributed by atoms with Crippen molar-refractivity contribution in [3.8, 4) is 11.1 Å². The first-order valence-electron chi connectivity index (χ1n) is 8.31. The van der Waals surface area contributed by atoms with Crippen molar-refractivity contribution >= 4 is 33.5 Å². The number of carbonyl (C=O) groups excluding carboxylic acids is 1. The van der Waals surface area contributed by atoms with Gasteiger partial charge in [-0.15, -0.1) is 0 Å². The van der Waals surface area contributed by atoms with Gasteiger partial charge in [-0.1, -0.05) is 65.9 Å². The van der Waals surface area contributed by atoms with E-state index in [-0.39, 0.29) is 5.52 Å². The lowest BCUT2D eigenvalue weighted by molar-refractivity contribution is 0.0972. The van der Waals surface area contributed by atoms with Crippen molar-refractivity contribution in [3.05, 3.63) is 99.9 Å². The summed E-state index contributed by atoms with van der Waals surface area (Å²) in [5.41, 5.74) is 2.94. The highest BCUT2D eigenvalue weighted by atomic mass is 32.1. The van der Waals surface area contributed by atoms with Gasteiger partial charge in [-0.2, -0.15) is 0 Å². The zero-order valence-corrected chi connectivity index (χ0v) is 14.9. The number of para-hydroxylation sites is 1. The summed E-state index contributed by atoms with van der Waals surface area (Å²) in [4.78, 5) is 24.2. The quantitative estimate of drug-likeness (QED) is 0.460. The van der Waals surface area contributed by atoms with E-state index < -0.39 is 16.6 Å². The number of halogens is 1. The monoisotopic (exact) mass is 375 g/mol. The molecule has 132 valence electrons. The molecule has 0 spiro atoms. The summed E-state index contributed by atoms with van der Waals surface area (Å²) in [5, 5.41) is 0. The second-order valence-electron chi connectivity index (χ2n) is 5.95. The minimum absolute atomic E-state index is 0.0280. The van der Waals surface area contributed by atoms with E-state index in [1.165, 1.54) is 18.2 Å². The fourth-order valence-electron chi connectivity index (χ4n) is 2.92. The summed E-state index contributed by atoms with van der Waals surface area (Å²) in [5.74, 6) is -1.15. The second-order valence-corrected chi connectivity index (χ2v) is 6.95. The molecule has 0 amide bonds. The molecule has 1 aromatic heterocycles. The van der Waals surface area contributed by atoms with Crippen LogP contribution in [0, 0.1) is 5.82 Å². The Morgan fingerprint density at radius 2 is 1.67 bits per heavy atom. The predicted molar refractivity (Wildman–Crippen MR) is 108 cm³/mol. The first-order chi connectivity index (χ1) is 13.1. The number of fused-ring (bicyclic) bond motifs is 1. The molecule has 0 aliphatic heterocycles. The van der Waals surface area contributed by atoms with Gasteiger partial charge >= 0.3 is 4.87 Å². The van der Waals surface area contributed by atoms with E-state index in [2.05, 4.69) is 0 Å². The van der Waals surface area contributed by atoms with Crippen LogP contribution in [-0.4, -0.2) is 10.5 Å². The topological polar surface area (TPSA) is 39.1 Å². The molecule has 0 saturated carbocycles. The van der Waals surface area contributed by atoms with Crippen LogP contribution in [0.4, 0.5) is 4.39 Å². The Kier molecular flexibility index (Phi) is 4.52. The average Bonchev–Trinajstić information content (AvgIpc) is 3.04. The maximum Gasteiger partial charge on any atom is 0.315 e. The molecule has 0 aliphatic carbocycles. The minimum Gasteiger partial charge on any atom is -0.269 e. The molecule has 4 aromatic rings. The van der Waals surface area contributed by atoms with Crippen LogP contribution in [-0.2, 0) is 0 Å². The molecule has 0 fully saturated rings. The van der Waals surface area contributed by atoms with Crippen LogP contribution in [0.15, 0.2) is 83.7 Å². The molecule has 0 atom stereocenters. The molecule has 0 saturated heterocycles. The highest BCUT2D eigenvalue weighted by Gasteiger charge is 2.15. The molecule has 4 rings (SSSR count). The first kappa shape index (κ1) is 17.1. The van der Waals surface area contributed by atoms with Crippen LogP contribution in [0.3, 0.4) is 0 Å². The van der Waals surface area contributed by atoms with E-state index in [4.69, 9.17) is 0 Å². The standard InChI is InChI=1S/C22H14FNO2S/c23-18-10-5-11-19-21(18)24(22(26)27-19)20(25)13-12-15-6-4-9-17(14-15)16-7-2-1-3-8-16/h1-14H. The van der Waals surface area contributed by atoms with Gasteiger partial charge < -0.3 is 0 Å². The molecule has 0 aliphatic rings. The Hall–Kier alpha value is -3.31. The van der Waals surface area contributed by atoms with E-state index in [1.807, 2.05) is 54.6 Å². The molecule has 0 N–H and O–H groups in total. The van der Waals surface area contributed by atoms with Crippen LogP contribution in [0.5, 0.6) is 0 Å². The van der Waals surface area contributed by atoms with Gasteiger partial charge in [0.15, 0.2) is 0 Å². The summed E-state index contributed by atoms with van der Waals surface area (Å²) in [6, 6.07) is 22.0. The van der Waals surface area contributed by atoms with Crippen LogP contribution in [0.25, 0.3) is 27.4 Å². The van der Waals surface area contributed by atoms with Gasteiger partial charge in [0.05, 0.1) is 4.70 Å². The number of rotatable bonds is 3. The molecule has 3 aromatic carbocycles. The fourth-order valence-corrected chi connectivity index (χ4v) is 3.81. The highest BCUT2D eigenvalue weighted by Crippen LogP contribution is 2.22. The van der Waals surface area contributed by atoms with Crippen molar-refractivity contribution in [1.29, 1.82) is 0 Å². The van der Waals surface area contributed by atoms with Crippen molar-refractivity contribution in [2.75, 3.05) is 0 Å².